The van der Waals surface area contributed by atoms with Crippen LogP contribution in [0, 0.1) is 6.92 Å². The third-order valence-corrected chi connectivity index (χ3v) is 5.18. The molecule has 0 unspecified atom stereocenters. The number of aryl methyl sites for hydroxylation is 1. The van der Waals surface area contributed by atoms with Crippen LogP contribution in [0.25, 0.3) is 0 Å². The van der Waals surface area contributed by atoms with Gasteiger partial charge < -0.3 is 14.8 Å². The Kier molecular flexibility index (Phi) is 4.78. The Morgan fingerprint density at radius 3 is 2.54 bits per heavy atom. The maximum Gasteiger partial charge on any atom is 0.267 e. The SMILES string of the molecule is COc1ccc(NC(=O)[C@H]2CN(S(C)(=O)=O)c3cc(C)ccc3O2)cc1. The van der Waals surface area contributed by atoms with Crippen molar-refractivity contribution in [3.05, 3.63) is 48.0 Å². The number of nitrogens with zero attached hydrogens (tertiary/aromatic N) is 1. The van der Waals surface area contributed by atoms with Crippen molar-refractivity contribution >= 4 is 27.3 Å². The van der Waals surface area contributed by atoms with E-state index < -0.39 is 22.0 Å². The number of carbonyl (C=O) groups is 1. The van der Waals surface area contributed by atoms with Crippen molar-refractivity contribution in [2.75, 3.05) is 29.5 Å². The number of nitrogens with one attached hydrogen (secondary N) is 1. The van der Waals surface area contributed by atoms with E-state index in [1.54, 1.807) is 43.5 Å². The second-order valence-electron chi connectivity index (χ2n) is 6.09. The van der Waals surface area contributed by atoms with Gasteiger partial charge in [0.1, 0.15) is 11.5 Å². The largest absolute Gasteiger partial charge is 0.497 e. The van der Waals surface area contributed by atoms with Crippen molar-refractivity contribution in [3.63, 3.8) is 0 Å². The van der Waals surface area contributed by atoms with E-state index in [1.807, 2.05) is 13.0 Å². The van der Waals surface area contributed by atoms with Crippen LogP contribution in [0.4, 0.5) is 11.4 Å². The average molecular weight is 376 g/mol. The van der Waals surface area contributed by atoms with E-state index >= 15 is 0 Å². The molecule has 2 aromatic carbocycles. The van der Waals surface area contributed by atoms with Crippen LogP contribution in [-0.2, 0) is 14.8 Å². The molecule has 0 fully saturated rings. The molecule has 1 aliphatic rings. The maximum absolute atomic E-state index is 12.6. The Morgan fingerprint density at radius 1 is 1.23 bits per heavy atom. The van der Waals surface area contributed by atoms with E-state index in [1.165, 1.54) is 4.31 Å². The summed E-state index contributed by atoms with van der Waals surface area (Å²) in [6.45, 7) is 1.78. The number of hydrogen-bond acceptors (Lipinski definition) is 5. The van der Waals surface area contributed by atoms with Crippen LogP contribution in [0.1, 0.15) is 5.56 Å². The zero-order chi connectivity index (χ0) is 18.9. The zero-order valence-corrected chi connectivity index (χ0v) is 15.5. The number of fused-ring (bicyclic) bond motifs is 1. The van der Waals surface area contributed by atoms with Crippen LogP contribution in [0.5, 0.6) is 11.5 Å². The summed E-state index contributed by atoms with van der Waals surface area (Å²) < 4.78 is 36.4. The Labute approximate surface area is 152 Å². The summed E-state index contributed by atoms with van der Waals surface area (Å²) in [4.78, 5) is 12.6. The molecular weight excluding hydrogens is 356 g/mol. The quantitative estimate of drug-likeness (QED) is 0.884. The predicted molar refractivity (Wildman–Crippen MR) is 99.4 cm³/mol. The number of anilines is 2. The molecule has 0 saturated heterocycles. The molecule has 3 rings (SSSR count). The molecule has 1 heterocycles. The van der Waals surface area contributed by atoms with Gasteiger partial charge in [-0.3, -0.25) is 9.10 Å². The predicted octanol–water partition coefficient (Wildman–Crippen LogP) is 2.17. The molecule has 2 aromatic rings. The molecule has 138 valence electrons. The molecule has 0 aliphatic carbocycles. The summed E-state index contributed by atoms with van der Waals surface area (Å²) >= 11 is 0. The van der Waals surface area contributed by atoms with E-state index in [4.69, 9.17) is 9.47 Å². The van der Waals surface area contributed by atoms with Crippen LogP contribution in [0.2, 0.25) is 0 Å². The fraction of sp³-hybridized carbons (Fsp3) is 0.278. The fourth-order valence-corrected chi connectivity index (χ4v) is 3.62. The maximum atomic E-state index is 12.6. The van der Waals surface area contributed by atoms with Crippen LogP contribution in [0.3, 0.4) is 0 Å². The van der Waals surface area contributed by atoms with Gasteiger partial charge in [-0.05, 0) is 48.9 Å². The van der Waals surface area contributed by atoms with Crippen molar-refractivity contribution in [1.29, 1.82) is 0 Å². The first-order chi connectivity index (χ1) is 12.3. The normalized spacial score (nSPS) is 16.4. The van der Waals surface area contributed by atoms with E-state index in [0.717, 1.165) is 11.8 Å². The lowest BCUT2D eigenvalue weighted by Crippen LogP contribution is -2.48. The first-order valence-electron chi connectivity index (χ1n) is 7.98. The Balaban J connectivity index is 1.84. The van der Waals surface area contributed by atoms with Crippen molar-refractivity contribution < 1.29 is 22.7 Å². The van der Waals surface area contributed by atoms with E-state index in [-0.39, 0.29) is 6.54 Å². The van der Waals surface area contributed by atoms with Gasteiger partial charge in [-0.1, -0.05) is 6.07 Å². The number of amides is 1. The second-order valence-corrected chi connectivity index (χ2v) is 8.00. The number of methoxy groups -OCH3 is 1. The molecular formula is C18H20N2O5S. The second kappa shape index (κ2) is 6.87. The van der Waals surface area contributed by atoms with E-state index in [9.17, 15) is 13.2 Å². The minimum absolute atomic E-state index is 0.0860. The molecule has 1 aliphatic heterocycles. The monoisotopic (exact) mass is 376 g/mol. The zero-order valence-electron chi connectivity index (χ0n) is 14.7. The molecule has 0 saturated carbocycles. The summed E-state index contributed by atoms with van der Waals surface area (Å²) in [5.41, 5.74) is 1.92. The van der Waals surface area contributed by atoms with Gasteiger partial charge in [-0.25, -0.2) is 8.42 Å². The molecule has 0 spiro atoms. The number of hydrogen-bond donors (Lipinski definition) is 1. The Hall–Kier alpha value is -2.74. The van der Waals surface area contributed by atoms with Gasteiger partial charge in [0.15, 0.2) is 6.10 Å². The molecule has 1 N–H and O–H groups in total. The van der Waals surface area contributed by atoms with Gasteiger partial charge in [0.2, 0.25) is 10.0 Å². The molecule has 8 heteroatoms. The topological polar surface area (TPSA) is 84.9 Å². The van der Waals surface area contributed by atoms with E-state index in [2.05, 4.69) is 5.32 Å². The molecule has 0 radical (unpaired) electrons. The molecule has 0 bridgehead atoms. The van der Waals surface area contributed by atoms with Crippen LogP contribution in [-0.4, -0.2) is 40.3 Å². The minimum atomic E-state index is -3.55. The van der Waals surface area contributed by atoms with Gasteiger partial charge >= 0.3 is 0 Å². The smallest absolute Gasteiger partial charge is 0.267 e. The molecule has 1 atom stereocenters. The van der Waals surface area contributed by atoms with Crippen molar-refractivity contribution in [3.8, 4) is 11.5 Å². The number of carbonyl (C=O) groups excluding carboxylic acids is 1. The highest BCUT2D eigenvalue weighted by molar-refractivity contribution is 7.92. The fourth-order valence-electron chi connectivity index (χ4n) is 2.71. The molecule has 7 nitrogen and oxygen atoms in total. The first kappa shape index (κ1) is 18.1. The van der Waals surface area contributed by atoms with Gasteiger partial charge in [-0.15, -0.1) is 0 Å². The van der Waals surface area contributed by atoms with Gasteiger partial charge in [0, 0.05) is 5.69 Å². The van der Waals surface area contributed by atoms with Crippen molar-refractivity contribution in [1.82, 2.24) is 0 Å². The lowest BCUT2D eigenvalue weighted by molar-refractivity contribution is -0.122. The Morgan fingerprint density at radius 2 is 1.92 bits per heavy atom. The highest BCUT2D eigenvalue weighted by atomic mass is 32.2. The summed E-state index contributed by atoms with van der Waals surface area (Å²) in [7, 11) is -1.99. The van der Waals surface area contributed by atoms with Crippen LogP contribution in [0.15, 0.2) is 42.5 Å². The highest BCUT2D eigenvalue weighted by Crippen LogP contribution is 2.36. The minimum Gasteiger partial charge on any atom is -0.497 e. The molecule has 1 amide bonds. The highest BCUT2D eigenvalue weighted by Gasteiger charge is 2.35. The summed E-state index contributed by atoms with van der Waals surface area (Å²) in [5.74, 6) is 0.613. The van der Waals surface area contributed by atoms with Gasteiger partial charge in [-0.2, -0.15) is 0 Å². The summed E-state index contributed by atoms with van der Waals surface area (Å²) in [6.07, 6.45) is 0.158. The number of rotatable bonds is 4. The summed E-state index contributed by atoms with van der Waals surface area (Å²) in [6, 6.07) is 12.1. The standard InChI is InChI=1S/C18H20N2O5S/c1-12-4-9-16-15(10-12)20(26(3,22)23)11-17(25-16)18(21)19-13-5-7-14(24-2)8-6-13/h4-10,17H,11H2,1-3H3,(H,19,21)/t17-/m1/s1. The van der Waals surface area contributed by atoms with Crippen LogP contribution >= 0.6 is 0 Å². The lowest BCUT2D eigenvalue weighted by atomic mass is 10.1. The van der Waals surface area contributed by atoms with Crippen LogP contribution < -0.4 is 19.1 Å². The van der Waals surface area contributed by atoms with Crippen molar-refractivity contribution in [2.24, 2.45) is 0 Å². The van der Waals surface area contributed by atoms with E-state index in [0.29, 0.717) is 22.9 Å². The third kappa shape index (κ3) is 3.75. The third-order valence-electron chi connectivity index (χ3n) is 4.03. The number of sulfonamides is 1. The Bertz CT molecular complexity index is 925. The number of benzene rings is 2. The molecule has 26 heavy (non-hydrogen) atoms. The summed E-state index contributed by atoms with van der Waals surface area (Å²) in [5, 5.41) is 2.74. The molecule has 0 aromatic heterocycles. The lowest BCUT2D eigenvalue weighted by Gasteiger charge is -2.34. The van der Waals surface area contributed by atoms with Crippen molar-refractivity contribution in [2.45, 2.75) is 13.0 Å². The first-order valence-corrected chi connectivity index (χ1v) is 9.82. The number of ether oxygens (including phenoxy) is 2. The van der Waals surface area contributed by atoms with Gasteiger partial charge in [0.05, 0.1) is 25.6 Å². The van der Waals surface area contributed by atoms with Gasteiger partial charge in [0.25, 0.3) is 5.91 Å². The average Bonchev–Trinajstić information content (AvgIpc) is 2.60.